The van der Waals surface area contributed by atoms with E-state index in [1.54, 1.807) is 19.9 Å². The zero-order valence-corrected chi connectivity index (χ0v) is 19.4. The van der Waals surface area contributed by atoms with E-state index in [-0.39, 0.29) is 19.1 Å². The number of carbonyl (C=O) groups excluding carboxylic acids is 4. The minimum atomic E-state index is -1.50. The zero-order valence-electron chi connectivity index (χ0n) is 19.4. The van der Waals surface area contributed by atoms with E-state index in [0.29, 0.717) is 10.1 Å². The summed E-state index contributed by atoms with van der Waals surface area (Å²) < 4.78 is 17.4. The predicted molar refractivity (Wildman–Crippen MR) is 111 cm³/mol. The molecule has 3 aliphatic heterocycles. The summed E-state index contributed by atoms with van der Waals surface area (Å²) in [7, 11) is 2.04. The van der Waals surface area contributed by atoms with Crippen LogP contribution in [0.3, 0.4) is 0 Å². The van der Waals surface area contributed by atoms with Crippen molar-refractivity contribution in [2.75, 3.05) is 20.2 Å². The Hall–Kier alpha value is -2.94. The van der Waals surface area contributed by atoms with Crippen molar-refractivity contribution in [1.29, 1.82) is 0 Å². The van der Waals surface area contributed by atoms with Crippen molar-refractivity contribution >= 4 is 23.9 Å². The minimum absolute atomic E-state index is 0.0482. The van der Waals surface area contributed by atoms with E-state index in [2.05, 4.69) is 0 Å². The maximum absolute atomic E-state index is 12.9. The van der Waals surface area contributed by atoms with Crippen LogP contribution < -0.4 is 5.11 Å². The second-order valence-electron chi connectivity index (χ2n) is 8.59. The molecular weight excluding hydrogens is 418 g/mol. The van der Waals surface area contributed by atoms with E-state index in [1.807, 2.05) is 19.3 Å². The van der Waals surface area contributed by atoms with E-state index in [1.165, 1.54) is 13.8 Å². The Bertz CT molecular complexity index is 898. The van der Waals surface area contributed by atoms with Gasteiger partial charge in [-0.3, -0.25) is 9.28 Å². The molecule has 0 radical (unpaired) electrons. The van der Waals surface area contributed by atoms with Gasteiger partial charge in [0.1, 0.15) is 12.8 Å². The van der Waals surface area contributed by atoms with Crippen LogP contribution in [0, 0.1) is 5.92 Å². The molecule has 0 saturated carbocycles. The Balaban J connectivity index is 0.000000837. The third-order valence-corrected chi connectivity index (χ3v) is 6.09. The number of rotatable bonds is 1. The van der Waals surface area contributed by atoms with Crippen LogP contribution in [-0.4, -0.2) is 60.3 Å². The zero-order chi connectivity index (χ0) is 24.3. The molecule has 0 spiro atoms. The summed E-state index contributed by atoms with van der Waals surface area (Å²) in [5.74, 6) is -3.15. The quantitative estimate of drug-likeness (QED) is 0.253. The Morgan fingerprint density at radius 3 is 2.50 bits per heavy atom. The van der Waals surface area contributed by atoms with Gasteiger partial charge in [0, 0.05) is 36.9 Å². The smallest absolute Gasteiger partial charge is 0.350 e. The SMILES string of the molecule is C/C=C1\CC(C)C(C)(OC(C)=O)C(=O)OCC2=C3C(CC[N+]3(C)C=C2)OC1=O.CC(=O)[O-]. The summed E-state index contributed by atoms with van der Waals surface area (Å²) >= 11 is 0. The first-order valence-corrected chi connectivity index (χ1v) is 10.5. The fraction of sp³-hybridized carbons (Fsp3) is 0.565. The molecule has 3 rings (SSSR count). The van der Waals surface area contributed by atoms with E-state index < -0.39 is 35.4 Å². The highest BCUT2D eigenvalue weighted by atomic mass is 16.6. The van der Waals surface area contributed by atoms with Crippen molar-refractivity contribution in [2.45, 2.75) is 59.2 Å². The summed E-state index contributed by atoms with van der Waals surface area (Å²) in [6, 6.07) is 0. The van der Waals surface area contributed by atoms with Crippen molar-refractivity contribution in [3.63, 3.8) is 0 Å². The van der Waals surface area contributed by atoms with Gasteiger partial charge in [0.15, 0.2) is 11.8 Å². The molecule has 176 valence electrons. The van der Waals surface area contributed by atoms with Gasteiger partial charge < -0.3 is 24.1 Å². The van der Waals surface area contributed by atoms with Gasteiger partial charge in [-0.2, -0.15) is 0 Å². The number of carboxylic acids is 1. The molecular formula is C23H31NO8. The molecule has 4 unspecified atom stereocenters. The third-order valence-electron chi connectivity index (χ3n) is 6.09. The van der Waals surface area contributed by atoms with Crippen molar-refractivity contribution in [3.8, 4) is 0 Å². The van der Waals surface area contributed by atoms with Gasteiger partial charge in [0.25, 0.3) is 0 Å². The molecule has 3 aliphatic rings. The second-order valence-corrected chi connectivity index (χ2v) is 8.59. The van der Waals surface area contributed by atoms with Gasteiger partial charge in [-0.15, -0.1) is 0 Å². The minimum Gasteiger partial charge on any atom is -0.550 e. The molecule has 0 aromatic carbocycles. The standard InChI is InChI=1S/C21H28NO6.C2H4O2/c1-6-15-11-13(2)21(4,28-14(3)23)20(25)26-12-16-7-9-22(5)10-8-17(18(16)22)27-19(15)24;1-2(3)4/h6-7,9,13,17H,8,10-12H2,1-5H3;1H3,(H,3,4)/q+1;/p-1/b15-6+;. The van der Waals surface area contributed by atoms with E-state index in [9.17, 15) is 14.4 Å². The summed E-state index contributed by atoms with van der Waals surface area (Å²) in [4.78, 5) is 46.3. The number of ether oxygens (including phenoxy) is 3. The Morgan fingerprint density at radius 2 is 1.94 bits per heavy atom. The fourth-order valence-corrected chi connectivity index (χ4v) is 4.22. The van der Waals surface area contributed by atoms with Crippen LogP contribution in [0.4, 0.5) is 0 Å². The highest BCUT2D eigenvalue weighted by Gasteiger charge is 2.49. The predicted octanol–water partition coefficient (Wildman–Crippen LogP) is 1.14. The average molecular weight is 450 g/mol. The lowest BCUT2D eigenvalue weighted by molar-refractivity contribution is -0.808. The number of nitrogens with zero attached hydrogens (tertiary/aromatic N) is 1. The summed E-state index contributed by atoms with van der Waals surface area (Å²) in [5, 5.41) is 8.89. The molecule has 32 heavy (non-hydrogen) atoms. The molecule has 0 amide bonds. The van der Waals surface area contributed by atoms with Crippen LogP contribution in [0.5, 0.6) is 0 Å². The van der Waals surface area contributed by atoms with Crippen LogP contribution in [0.2, 0.25) is 0 Å². The van der Waals surface area contributed by atoms with Gasteiger partial charge in [-0.05, 0) is 27.2 Å². The third kappa shape index (κ3) is 5.27. The highest BCUT2D eigenvalue weighted by molar-refractivity contribution is 5.89. The summed E-state index contributed by atoms with van der Waals surface area (Å²) in [5.41, 5.74) is 0.722. The summed E-state index contributed by atoms with van der Waals surface area (Å²) in [6.07, 6.45) is 6.24. The lowest BCUT2D eigenvalue weighted by Gasteiger charge is -2.33. The number of carboxylic acid groups (broad SMARTS) is 1. The van der Waals surface area contributed by atoms with Crippen LogP contribution in [0.15, 0.2) is 35.2 Å². The second kappa shape index (κ2) is 9.68. The van der Waals surface area contributed by atoms with Gasteiger partial charge in [-0.25, -0.2) is 9.59 Å². The lowest BCUT2D eigenvalue weighted by Crippen LogP contribution is -2.47. The number of esters is 3. The average Bonchev–Trinajstić information content (AvgIpc) is 3.17. The Labute approximate surface area is 187 Å². The molecule has 0 N–H and O–H groups in total. The number of cyclic esters (lactones) is 1. The van der Waals surface area contributed by atoms with Crippen molar-refractivity contribution < 1.29 is 43.0 Å². The molecule has 3 heterocycles. The number of allylic oxidation sites excluding steroid dienone is 1. The number of hydrogen-bond donors (Lipinski definition) is 0. The van der Waals surface area contributed by atoms with Crippen molar-refractivity contribution in [3.05, 3.63) is 35.2 Å². The normalized spacial score (nSPS) is 33.2. The first kappa shape index (κ1) is 25.3. The van der Waals surface area contributed by atoms with Crippen molar-refractivity contribution in [2.24, 2.45) is 5.92 Å². The van der Waals surface area contributed by atoms with Gasteiger partial charge in [0.05, 0.1) is 19.2 Å². The first-order valence-electron chi connectivity index (χ1n) is 10.5. The molecule has 0 aromatic heterocycles. The van der Waals surface area contributed by atoms with Crippen LogP contribution in [-0.2, 0) is 33.4 Å². The molecule has 0 bridgehead atoms. The monoisotopic (exact) mass is 449 g/mol. The topological polar surface area (TPSA) is 119 Å². The van der Waals surface area contributed by atoms with Crippen molar-refractivity contribution in [1.82, 2.24) is 0 Å². The maximum atomic E-state index is 12.9. The molecule has 9 heteroatoms. The maximum Gasteiger partial charge on any atom is 0.350 e. The molecule has 9 nitrogen and oxygen atoms in total. The van der Waals surface area contributed by atoms with Gasteiger partial charge >= 0.3 is 17.9 Å². The molecule has 0 aromatic rings. The molecule has 1 fully saturated rings. The number of hydrogen-bond acceptors (Lipinski definition) is 8. The Kier molecular flexibility index (Phi) is 7.66. The van der Waals surface area contributed by atoms with Crippen LogP contribution in [0.25, 0.3) is 0 Å². The lowest BCUT2D eigenvalue weighted by atomic mass is 9.85. The molecule has 4 atom stereocenters. The highest BCUT2D eigenvalue weighted by Crippen LogP contribution is 2.40. The van der Waals surface area contributed by atoms with Crippen LogP contribution in [0.1, 0.15) is 47.5 Å². The fourth-order valence-electron chi connectivity index (χ4n) is 4.22. The number of likely N-dealkylation sites (N-methyl/N-ethyl adjacent to an activating group) is 1. The first-order chi connectivity index (χ1) is 14.8. The largest absolute Gasteiger partial charge is 0.550 e. The van der Waals surface area contributed by atoms with E-state index in [0.717, 1.165) is 31.2 Å². The number of quaternary nitrogens is 1. The van der Waals surface area contributed by atoms with Gasteiger partial charge in [-0.1, -0.05) is 13.0 Å². The number of carbonyl (C=O) groups is 4. The van der Waals surface area contributed by atoms with E-state index >= 15 is 0 Å². The Morgan fingerprint density at radius 1 is 1.31 bits per heavy atom. The number of aliphatic carboxylic acids is 1. The molecule has 0 aliphatic carbocycles. The summed E-state index contributed by atoms with van der Waals surface area (Å²) in [6.45, 7) is 8.14. The van der Waals surface area contributed by atoms with E-state index in [4.69, 9.17) is 24.1 Å². The molecule has 1 saturated heterocycles. The van der Waals surface area contributed by atoms with Crippen LogP contribution >= 0.6 is 0 Å². The van der Waals surface area contributed by atoms with Gasteiger partial charge in [0.2, 0.25) is 5.60 Å².